The average Bonchev–Trinajstić information content (AvgIpc) is 3.12. The lowest BCUT2D eigenvalue weighted by molar-refractivity contribution is 0.162. The summed E-state index contributed by atoms with van der Waals surface area (Å²) in [7, 11) is -3.29. The summed E-state index contributed by atoms with van der Waals surface area (Å²) >= 11 is 0. The molecular weight excluding hydrogens is 316 g/mol. The Bertz CT molecular complexity index is 761. The number of rotatable bonds is 4. The SMILES string of the molecule is O=c1cc2c(nn1CC1CN(S(=O)(=O)N3CCCC3)C1)CCC2. The molecule has 1 aliphatic carbocycles. The van der Waals surface area contributed by atoms with Gasteiger partial charge in [0.25, 0.3) is 15.8 Å². The number of hydrogen-bond acceptors (Lipinski definition) is 4. The fraction of sp³-hybridized carbons (Fsp3) is 0.733. The van der Waals surface area contributed by atoms with E-state index in [0.29, 0.717) is 32.7 Å². The number of aryl methyl sites for hydroxylation is 2. The molecule has 3 aliphatic rings. The quantitative estimate of drug-likeness (QED) is 0.775. The lowest BCUT2D eigenvalue weighted by Gasteiger charge is -2.39. The zero-order valence-corrected chi connectivity index (χ0v) is 14.0. The van der Waals surface area contributed by atoms with Crippen LogP contribution in [0.3, 0.4) is 0 Å². The van der Waals surface area contributed by atoms with E-state index in [1.54, 1.807) is 10.4 Å². The van der Waals surface area contributed by atoms with E-state index < -0.39 is 10.2 Å². The zero-order valence-electron chi connectivity index (χ0n) is 13.1. The van der Waals surface area contributed by atoms with Crippen LogP contribution in [-0.2, 0) is 29.6 Å². The van der Waals surface area contributed by atoms with Gasteiger partial charge >= 0.3 is 0 Å². The lowest BCUT2D eigenvalue weighted by Crippen LogP contribution is -2.56. The van der Waals surface area contributed by atoms with Crippen molar-refractivity contribution in [1.82, 2.24) is 18.4 Å². The molecule has 0 bridgehead atoms. The summed E-state index contributed by atoms with van der Waals surface area (Å²) in [6, 6.07) is 1.70. The summed E-state index contributed by atoms with van der Waals surface area (Å²) < 4.78 is 29.4. The van der Waals surface area contributed by atoms with Crippen LogP contribution in [0.1, 0.15) is 30.5 Å². The van der Waals surface area contributed by atoms with Crippen LogP contribution in [0, 0.1) is 5.92 Å². The third-order valence-corrected chi connectivity index (χ3v) is 7.06. The second-order valence-electron chi connectivity index (χ2n) is 6.79. The van der Waals surface area contributed by atoms with Crippen molar-refractivity contribution in [2.75, 3.05) is 26.2 Å². The van der Waals surface area contributed by atoms with E-state index in [0.717, 1.165) is 43.4 Å². The highest BCUT2D eigenvalue weighted by molar-refractivity contribution is 7.86. The minimum absolute atomic E-state index is 0.0634. The fourth-order valence-corrected chi connectivity index (χ4v) is 5.57. The van der Waals surface area contributed by atoms with Crippen LogP contribution < -0.4 is 5.56 Å². The molecule has 2 saturated heterocycles. The highest BCUT2D eigenvalue weighted by Gasteiger charge is 2.40. The van der Waals surface area contributed by atoms with Gasteiger partial charge in [0.05, 0.1) is 12.2 Å². The van der Waals surface area contributed by atoms with E-state index in [9.17, 15) is 13.2 Å². The highest BCUT2D eigenvalue weighted by Crippen LogP contribution is 2.25. The van der Waals surface area contributed by atoms with Crippen molar-refractivity contribution in [3.05, 3.63) is 27.7 Å². The number of hydrogen-bond donors (Lipinski definition) is 0. The maximum Gasteiger partial charge on any atom is 0.281 e. The van der Waals surface area contributed by atoms with Crippen molar-refractivity contribution in [1.29, 1.82) is 0 Å². The number of fused-ring (bicyclic) bond motifs is 1. The Morgan fingerprint density at radius 2 is 1.83 bits per heavy atom. The molecule has 0 N–H and O–H groups in total. The van der Waals surface area contributed by atoms with Crippen molar-refractivity contribution in [3.63, 3.8) is 0 Å². The Morgan fingerprint density at radius 1 is 1.09 bits per heavy atom. The van der Waals surface area contributed by atoms with Crippen molar-refractivity contribution in [2.45, 2.75) is 38.6 Å². The van der Waals surface area contributed by atoms with Gasteiger partial charge in [-0.1, -0.05) is 0 Å². The van der Waals surface area contributed by atoms with Gasteiger partial charge in [0, 0.05) is 38.2 Å². The molecule has 23 heavy (non-hydrogen) atoms. The van der Waals surface area contributed by atoms with E-state index >= 15 is 0 Å². The van der Waals surface area contributed by atoms with Crippen molar-refractivity contribution in [2.24, 2.45) is 5.92 Å². The van der Waals surface area contributed by atoms with E-state index in [2.05, 4.69) is 5.10 Å². The molecule has 126 valence electrons. The van der Waals surface area contributed by atoms with E-state index in [-0.39, 0.29) is 11.5 Å². The molecular formula is C15H22N4O3S. The minimum Gasteiger partial charge on any atom is -0.268 e. The first-order valence-electron chi connectivity index (χ1n) is 8.39. The molecule has 0 radical (unpaired) electrons. The maximum atomic E-state index is 12.4. The largest absolute Gasteiger partial charge is 0.281 e. The summed E-state index contributed by atoms with van der Waals surface area (Å²) in [6.45, 7) is 2.76. The average molecular weight is 338 g/mol. The molecule has 8 heteroatoms. The molecule has 2 fully saturated rings. The second-order valence-corrected chi connectivity index (χ2v) is 8.72. The summed E-state index contributed by atoms with van der Waals surface area (Å²) in [5.74, 6) is 0.178. The minimum atomic E-state index is -3.29. The molecule has 0 amide bonds. The lowest BCUT2D eigenvalue weighted by atomic mass is 10.0. The Morgan fingerprint density at radius 3 is 2.57 bits per heavy atom. The molecule has 0 atom stereocenters. The van der Waals surface area contributed by atoms with Crippen molar-refractivity contribution < 1.29 is 8.42 Å². The first-order chi connectivity index (χ1) is 11.0. The summed E-state index contributed by atoms with van der Waals surface area (Å²) in [5.41, 5.74) is 2.05. The summed E-state index contributed by atoms with van der Waals surface area (Å²) in [4.78, 5) is 12.1. The second kappa shape index (κ2) is 5.68. The third kappa shape index (κ3) is 2.72. The van der Waals surface area contributed by atoms with Crippen LogP contribution in [0.25, 0.3) is 0 Å². The summed E-state index contributed by atoms with van der Waals surface area (Å²) in [5, 5.41) is 4.47. The first kappa shape index (κ1) is 15.3. The molecule has 4 rings (SSSR count). The van der Waals surface area contributed by atoms with Gasteiger partial charge in [-0.15, -0.1) is 0 Å². The predicted octanol–water partition coefficient (Wildman–Crippen LogP) is 0.00440. The van der Waals surface area contributed by atoms with Crippen LogP contribution in [-0.4, -0.2) is 53.0 Å². The molecule has 1 aromatic rings. The molecule has 0 aromatic carbocycles. The standard InChI is InChI=1S/C15H22N4O3S/c20-15-8-13-4-3-5-14(13)16-19(15)11-12-9-18(10-12)23(21,22)17-6-1-2-7-17/h8,12H,1-7,9-11H2. The molecule has 0 saturated carbocycles. The van der Waals surface area contributed by atoms with Crippen molar-refractivity contribution in [3.8, 4) is 0 Å². The van der Waals surface area contributed by atoms with Gasteiger partial charge in [0.2, 0.25) is 0 Å². The van der Waals surface area contributed by atoms with E-state index in [4.69, 9.17) is 0 Å². The Balaban J connectivity index is 1.40. The topological polar surface area (TPSA) is 75.5 Å². The predicted molar refractivity (Wildman–Crippen MR) is 85.3 cm³/mol. The van der Waals surface area contributed by atoms with Gasteiger partial charge in [0.1, 0.15) is 0 Å². The number of nitrogens with zero attached hydrogens (tertiary/aromatic N) is 4. The van der Waals surface area contributed by atoms with Crippen LogP contribution in [0.15, 0.2) is 10.9 Å². The fourth-order valence-electron chi connectivity index (χ4n) is 3.72. The molecule has 2 aliphatic heterocycles. The highest BCUT2D eigenvalue weighted by atomic mass is 32.2. The smallest absolute Gasteiger partial charge is 0.268 e. The normalized spacial score (nSPS) is 23.1. The third-order valence-electron chi connectivity index (χ3n) is 5.10. The van der Waals surface area contributed by atoms with Crippen LogP contribution in [0.4, 0.5) is 0 Å². The van der Waals surface area contributed by atoms with Gasteiger partial charge in [0.15, 0.2) is 0 Å². The maximum absolute atomic E-state index is 12.4. The molecule has 0 spiro atoms. The van der Waals surface area contributed by atoms with Crippen LogP contribution >= 0.6 is 0 Å². The van der Waals surface area contributed by atoms with E-state index in [1.807, 2.05) is 0 Å². The summed E-state index contributed by atoms with van der Waals surface area (Å²) in [6.07, 6.45) is 4.85. The van der Waals surface area contributed by atoms with Crippen molar-refractivity contribution >= 4 is 10.2 Å². The van der Waals surface area contributed by atoms with Gasteiger partial charge < -0.3 is 0 Å². The Labute approximate surface area is 136 Å². The molecule has 7 nitrogen and oxygen atoms in total. The Hall–Kier alpha value is -1.25. The van der Waals surface area contributed by atoms with Gasteiger partial charge in [-0.25, -0.2) is 4.68 Å². The van der Waals surface area contributed by atoms with Gasteiger partial charge in [-0.2, -0.15) is 22.1 Å². The number of aromatic nitrogens is 2. The molecule has 1 aromatic heterocycles. The van der Waals surface area contributed by atoms with Gasteiger partial charge in [-0.05, 0) is 37.7 Å². The zero-order chi connectivity index (χ0) is 16.0. The molecule has 3 heterocycles. The van der Waals surface area contributed by atoms with Crippen LogP contribution in [0.5, 0.6) is 0 Å². The molecule has 0 unspecified atom stereocenters. The monoisotopic (exact) mass is 338 g/mol. The first-order valence-corrected chi connectivity index (χ1v) is 9.79. The van der Waals surface area contributed by atoms with E-state index in [1.165, 1.54) is 8.99 Å². The Kier molecular flexibility index (Phi) is 3.78. The van der Waals surface area contributed by atoms with Gasteiger partial charge in [-0.3, -0.25) is 4.79 Å². The van der Waals surface area contributed by atoms with Crippen LogP contribution in [0.2, 0.25) is 0 Å².